The molecule has 1 amide bonds. The van der Waals surface area contributed by atoms with Gasteiger partial charge in [0, 0.05) is 37.5 Å². The third-order valence-corrected chi connectivity index (χ3v) is 5.02. The fraction of sp³-hybridized carbons (Fsp3) is 0.611. The first kappa shape index (κ1) is 16.3. The molecule has 2 aliphatic heterocycles. The smallest absolute Gasteiger partial charge is 0.223 e. The largest absolute Gasteiger partial charge is 0.507 e. The van der Waals surface area contributed by atoms with Gasteiger partial charge in [0.15, 0.2) is 0 Å². The lowest BCUT2D eigenvalue weighted by atomic mass is 9.95. The van der Waals surface area contributed by atoms with E-state index in [1.165, 1.54) is 4.90 Å². The highest BCUT2D eigenvalue weighted by Gasteiger charge is 2.28. The Morgan fingerprint density at radius 2 is 2.04 bits per heavy atom. The summed E-state index contributed by atoms with van der Waals surface area (Å²) in [6, 6.07) is 7.52. The monoisotopic (exact) mass is 319 g/mol. The number of carbonyl (C=O) groups is 1. The molecule has 3 rings (SSSR count). The number of amides is 1. The number of hydrogen-bond acceptors (Lipinski definition) is 3. The third kappa shape index (κ3) is 4.45. The van der Waals surface area contributed by atoms with Crippen molar-refractivity contribution < 1.29 is 19.5 Å². The molecule has 23 heavy (non-hydrogen) atoms. The van der Waals surface area contributed by atoms with Crippen molar-refractivity contribution in [3.8, 4) is 5.75 Å². The number of carbonyl (C=O) groups excluding carboxylic acids is 1. The lowest BCUT2D eigenvalue weighted by Gasteiger charge is -2.29. The molecule has 0 radical (unpaired) electrons. The number of ether oxygens (including phenoxy) is 1. The summed E-state index contributed by atoms with van der Waals surface area (Å²) in [5.41, 5.74) is 0.990. The van der Waals surface area contributed by atoms with Crippen LogP contribution in [0.2, 0.25) is 0 Å². The van der Waals surface area contributed by atoms with Crippen LogP contribution in [0.5, 0.6) is 5.75 Å². The molecule has 0 aliphatic carbocycles. The van der Waals surface area contributed by atoms with Crippen LogP contribution in [0.4, 0.5) is 0 Å². The molecule has 1 aromatic rings. The van der Waals surface area contributed by atoms with Crippen LogP contribution in [-0.4, -0.2) is 43.4 Å². The molecule has 0 aromatic heterocycles. The minimum Gasteiger partial charge on any atom is -0.507 e. The molecule has 2 fully saturated rings. The molecule has 0 bridgehead atoms. The average molecular weight is 319 g/mol. The quantitative estimate of drug-likeness (QED) is 0.740. The highest BCUT2D eigenvalue weighted by molar-refractivity contribution is 5.78. The molecule has 1 atom stereocenters. The number of hydrogen-bond donors (Lipinski definition) is 3. The molecule has 0 spiro atoms. The Kier molecular flexibility index (Phi) is 5.51. The van der Waals surface area contributed by atoms with E-state index in [0.717, 1.165) is 57.5 Å². The Labute approximate surface area is 137 Å². The van der Waals surface area contributed by atoms with Crippen LogP contribution >= 0.6 is 0 Å². The highest BCUT2D eigenvalue weighted by Crippen LogP contribution is 2.16. The van der Waals surface area contributed by atoms with Gasteiger partial charge in [-0.1, -0.05) is 12.1 Å². The zero-order valence-corrected chi connectivity index (χ0v) is 13.6. The topological polar surface area (TPSA) is 63.0 Å². The number of phenolic OH excluding ortho intramolecular Hbond substituents is 1. The SMILES string of the molecule is O=C(NC[C@H]1CCCO1)C1CC[NH+](Cc2ccccc2O)CC1. The van der Waals surface area contributed by atoms with Crippen molar-refractivity contribution in [2.45, 2.75) is 38.3 Å². The molecule has 2 aliphatic rings. The first-order chi connectivity index (χ1) is 11.2. The zero-order chi connectivity index (χ0) is 16.1. The van der Waals surface area contributed by atoms with Gasteiger partial charge >= 0.3 is 0 Å². The van der Waals surface area contributed by atoms with Crippen LogP contribution in [0, 0.1) is 5.92 Å². The zero-order valence-electron chi connectivity index (χ0n) is 13.6. The third-order valence-electron chi connectivity index (χ3n) is 5.02. The van der Waals surface area contributed by atoms with E-state index in [9.17, 15) is 9.90 Å². The van der Waals surface area contributed by atoms with Crippen molar-refractivity contribution in [3.05, 3.63) is 29.8 Å². The van der Waals surface area contributed by atoms with E-state index >= 15 is 0 Å². The number of para-hydroxylation sites is 1. The van der Waals surface area contributed by atoms with Crippen molar-refractivity contribution in [1.82, 2.24) is 5.32 Å². The summed E-state index contributed by atoms with van der Waals surface area (Å²) in [4.78, 5) is 13.7. The van der Waals surface area contributed by atoms with Crippen LogP contribution < -0.4 is 10.2 Å². The predicted octanol–water partition coefficient (Wildman–Crippen LogP) is 0.482. The molecule has 5 heteroatoms. The second-order valence-electron chi connectivity index (χ2n) is 6.71. The number of quaternary nitrogens is 1. The predicted molar refractivity (Wildman–Crippen MR) is 87.2 cm³/mol. The van der Waals surface area contributed by atoms with Crippen LogP contribution in [0.15, 0.2) is 24.3 Å². The highest BCUT2D eigenvalue weighted by atomic mass is 16.5. The van der Waals surface area contributed by atoms with Crippen molar-refractivity contribution in [2.75, 3.05) is 26.2 Å². The molecule has 3 N–H and O–H groups in total. The molecular formula is C18H27N2O3+. The maximum absolute atomic E-state index is 12.3. The summed E-state index contributed by atoms with van der Waals surface area (Å²) in [5.74, 6) is 0.683. The fourth-order valence-corrected chi connectivity index (χ4v) is 3.56. The Balaban J connectivity index is 1.41. The normalized spacial score (nSPS) is 27.7. The second kappa shape index (κ2) is 7.79. The van der Waals surface area contributed by atoms with Gasteiger partial charge in [0.2, 0.25) is 5.91 Å². The Hall–Kier alpha value is -1.59. The number of phenols is 1. The van der Waals surface area contributed by atoms with Crippen LogP contribution in [0.1, 0.15) is 31.2 Å². The van der Waals surface area contributed by atoms with Crippen LogP contribution in [0.25, 0.3) is 0 Å². The molecule has 0 unspecified atom stereocenters. The molecular weight excluding hydrogens is 292 g/mol. The van der Waals surface area contributed by atoms with Crippen LogP contribution in [0.3, 0.4) is 0 Å². The van der Waals surface area contributed by atoms with E-state index in [0.29, 0.717) is 12.3 Å². The van der Waals surface area contributed by atoms with Crippen molar-refractivity contribution in [2.24, 2.45) is 5.92 Å². The summed E-state index contributed by atoms with van der Waals surface area (Å²) >= 11 is 0. The number of aromatic hydroxyl groups is 1. The summed E-state index contributed by atoms with van der Waals surface area (Å²) in [6.45, 7) is 4.27. The van der Waals surface area contributed by atoms with Gasteiger partial charge in [0.05, 0.1) is 19.2 Å². The molecule has 126 valence electrons. The van der Waals surface area contributed by atoms with Crippen molar-refractivity contribution >= 4 is 5.91 Å². The Morgan fingerprint density at radius 3 is 2.74 bits per heavy atom. The average Bonchev–Trinajstić information content (AvgIpc) is 3.09. The van der Waals surface area contributed by atoms with Gasteiger partial charge in [0.1, 0.15) is 12.3 Å². The van der Waals surface area contributed by atoms with Gasteiger partial charge in [-0.3, -0.25) is 4.79 Å². The van der Waals surface area contributed by atoms with E-state index in [1.807, 2.05) is 18.2 Å². The molecule has 2 heterocycles. The van der Waals surface area contributed by atoms with Gasteiger partial charge in [-0.05, 0) is 25.0 Å². The molecule has 1 aromatic carbocycles. The van der Waals surface area contributed by atoms with Gasteiger partial charge in [-0.25, -0.2) is 0 Å². The minimum atomic E-state index is 0.129. The maximum Gasteiger partial charge on any atom is 0.223 e. The number of piperidine rings is 1. The number of likely N-dealkylation sites (tertiary alicyclic amines) is 1. The van der Waals surface area contributed by atoms with Crippen molar-refractivity contribution in [3.63, 3.8) is 0 Å². The Bertz CT molecular complexity index is 521. The van der Waals surface area contributed by atoms with Gasteiger partial charge in [-0.15, -0.1) is 0 Å². The fourth-order valence-electron chi connectivity index (χ4n) is 3.56. The van der Waals surface area contributed by atoms with Gasteiger partial charge < -0.3 is 20.1 Å². The summed E-state index contributed by atoms with van der Waals surface area (Å²) < 4.78 is 5.54. The van der Waals surface area contributed by atoms with E-state index in [-0.39, 0.29) is 17.9 Å². The molecule has 0 saturated carbocycles. The summed E-state index contributed by atoms with van der Waals surface area (Å²) in [7, 11) is 0. The van der Waals surface area contributed by atoms with E-state index in [1.54, 1.807) is 6.07 Å². The lowest BCUT2D eigenvalue weighted by Crippen LogP contribution is -3.11. The first-order valence-corrected chi connectivity index (χ1v) is 8.72. The van der Waals surface area contributed by atoms with E-state index in [2.05, 4.69) is 5.32 Å². The van der Waals surface area contributed by atoms with E-state index < -0.39 is 0 Å². The maximum atomic E-state index is 12.3. The molecule has 5 nitrogen and oxygen atoms in total. The second-order valence-corrected chi connectivity index (χ2v) is 6.71. The summed E-state index contributed by atoms with van der Waals surface area (Å²) in [5, 5.41) is 12.9. The summed E-state index contributed by atoms with van der Waals surface area (Å²) in [6.07, 6.45) is 4.21. The Morgan fingerprint density at radius 1 is 1.26 bits per heavy atom. The molecule has 2 saturated heterocycles. The van der Waals surface area contributed by atoms with Crippen LogP contribution in [-0.2, 0) is 16.1 Å². The lowest BCUT2D eigenvalue weighted by molar-refractivity contribution is -0.919. The number of benzene rings is 1. The van der Waals surface area contributed by atoms with Crippen molar-refractivity contribution in [1.29, 1.82) is 0 Å². The number of rotatable bonds is 5. The van der Waals surface area contributed by atoms with E-state index in [4.69, 9.17) is 4.74 Å². The number of nitrogens with one attached hydrogen (secondary N) is 2. The minimum absolute atomic E-state index is 0.129. The van der Waals surface area contributed by atoms with Gasteiger partial charge in [-0.2, -0.15) is 0 Å². The first-order valence-electron chi connectivity index (χ1n) is 8.72. The van der Waals surface area contributed by atoms with Gasteiger partial charge in [0.25, 0.3) is 0 Å². The standard InChI is InChI=1S/C18H26N2O3/c21-17-6-2-1-4-15(17)13-20-9-7-14(8-10-20)18(22)19-12-16-5-3-11-23-16/h1-2,4,6,14,16,21H,3,5,7-13H2,(H,19,22)/p+1/t16-/m1/s1.